The van der Waals surface area contributed by atoms with Crippen molar-refractivity contribution in [2.75, 3.05) is 11.5 Å². The second kappa shape index (κ2) is 4.10. The third-order valence-electron chi connectivity index (χ3n) is 0.882. The molecule has 0 radical (unpaired) electrons. The molecule has 0 aromatic carbocycles. The lowest BCUT2D eigenvalue weighted by Crippen LogP contribution is -1.87. The Bertz CT molecular complexity index is 91.1. The molecular weight excluding hydrogens is 136 g/mol. The minimum atomic E-state index is 0.680. The molecule has 0 rings (SSSR count). The molecule has 0 aliphatic heterocycles. The normalized spacial score (nSPS) is 8.75. The van der Waals surface area contributed by atoms with E-state index in [1.165, 1.54) is 0 Å². The van der Waals surface area contributed by atoms with Crippen molar-refractivity contribution >= 4 is 25.3 Å². The summed E-state index contributed by atoms with van der Waals surface area (Å²) in [6.45, 7) is 7.44. The number of thiol groups is 2. The van der Waals surface area contributed by atoms with Crippen molar-refractivity contribution in [3.63, 3.8) is 0 Å². The van der Waals surface area contributed by atoms with Gasteiger partial charge < -0.3 is 0 Å². The maximum Gasteiger partial charge on any atom is 0.0151 e. The molecule has 0 spiro atoms. The summed E-state index contributed by atoms with van der Waals surface area (Å²) < 4.78 is 0. The molecule has 0 unspecified atom stereocenters. The lowest BCUT2D eigenvalue weighted by Gasteiger charge is -1.99. The van der Waals surface area contributed by atoms with Crippen LogP contribution in [0.3, 0.4) is 0 Å². The Morgan fingerprint density at radius 2 is 1.25 bits per heavy atom. The molecule has 0 atom stereocenters. The Hall–Kier alpha value is 0.180. The van der Waals surface area contributed by atoms with E-state index < -0.39 is 0 Å². The molecule has 0 fully saturated rings. The van der Waals surface area contributed by atoms with Gasteiger partial charge in [-0.25, -0.2) is 0 Å². The first-order valence-corrected chi connectivity index (χ1v) is 3.56. The van der Waals surface area contributed by atoms with Gasteiger partial charge in [0.15, 0.2) is 0 Å². The van der Waals surface area contributed by atoms with Crippen molar-refractivity contribution in [3.8, 4) is 0 Å². The molecule has 0 N–H and O–H groups in total. The predicted molar refractivity (Wildman–Crippen MR) is 46.0 cm³/mol. The van der Waals surface area contributed by atoms with Crippen LogP contribution in [0.25, 0.3) is 0 Å². The van der Waals surface area contributed by atoms with Gasteiger partial charge in [-0.3, -0.25) is 0 Å². The van der Waals surface area contributed by atoms with E-state index in [-0.39, 0.29) is 0 Å². The first-order chi connectivity index (χ1) is 3.72. The topological polar surface area (TPSA) is 0 Å². The van der Waals surface area contributed by atoms with Crippen molar-refractivity contribution in [1.82, 2.24) is 0 Å². The molecule has 8 heavy (non-hydrogen) atoms. The second-order valence-electron chi connectivity index (χ2n) is 1.52. The highest BCUT2D eigenvalue weighted by molar-refractivity contribution is 7.80. The monoisotopic (exact) mass is 146 g/mol. The maximum absolute atomic E-state index is 4.01. The van der Waals surface area contributed by atoms with Crippen LogP contribution in [-0.4, -0.2) is 11.5 Å². The molecule has 2 heteroatoms. The van der Waals surface area contributed by atoms with Gasteiger partial charge in [-0.05, 0) is 11.1 Å². The Balaban J connectivity index is 3.64. The lowest BCUT2D eigenvalue weighted by atomic mass is 10.2. The summed E-state index contributed by atoms with van der Waals surface area (Å²) in [6.07, 6.45) is 0. The van der Waals surface area contributed by atoms with Crippen molar-refractivity contribution in [2.24, 2.45) is 0 Å². The molecule has 0 amide bonds. The standard InChI is InChI=1S/C6H10S2/c1-5(3-7)6(2)4-8/h7-8H,1-4H2. The van der Waals surface area contributed by atoms with Gasteiger partial charge in [-0.2, -0.15) is 25.3 Å². The van der Waals surface area contributed by atoms with Gasteiger partial charge in [-0.1, -0.05) is 13.2 Å². The van der Waals surface area contributed by atoms with Crippen LogP contribution in [-0.2, 0) is 0 Å². The fourth-order valence-electron chi connectivity index (χ4n) is 0.224. The summed E-state index contributed by atoms with van der Waals surface area (Å²) in [5.41, 5.74) is 1.95. The maximum atomic E-state index is 4.01. The zero-order chi connectivity index (χ0) is 6.57. The fraction of sp³-hybridized carbons (Fsp3) is 0.333. The van der Waals surface area contributed by atoms with Gasteiger partial charge in [0.1, 0.15) is 0 Å². The smallest absolute Gasteiger partial charge is 0.0151 e. The van der Waals surface area contributed by atoms with Crippen molar-refractivity contribution in [2.45, 2.75) is 0 Å². The summed E-state index contributed by atoms with van der Waals surface area (Å²) in [4.78, 5) is 0. The summed E-state index contributed by atoms with van der Waals surface area (Å²) in [5.74, 6) is 1.36. The van der Waals surface area contributed by atoms with Gasteiger partial charge in [0.2, 0.25) is 0 Å². The van der Waals surface area contributed by atoms with E-state index in [0.717, 1.165) is 11.1 Å². The summed E-state index contributed by atoms with van der Waals surface area (Å²) in [7, 11) is 0. The molecule has 0 saturated carbocycles. The summed E-state index contributed by atoms with van der Waals surface area (Å²) >= 11 is 8.03. The minimum absolute atomic E-state index is 0.680. The first kappa shape index (κ1) is 8.18. The fourth-order valence-corrected chi connectivity index (χ4v) is 0.671. The number of hydrogen-bond donors (Lipinski definition) is 2. The van der Waals surface area contributed by atoms with E-state index in [4.69, 9.17) is 0 Å². The average Bonchev–Trinajstić information content (AvgIpc) is 1.84. The van der Waals surface area contributed by atoms with E-state index in [0.29, 0.717) is 11.5 Å². The van der Waals surface area contributed by atoms with E-state index >= 15 is 0 Å². The molecular formula is C6H10S2. The van der Waals surface area contributed by atoms with Crippen molar-refractivity contribution in [1.29, 1.82) is 0 Å². The van der Waals surface area contributed by atoms with Crippen molar-refractivity contribution < 1.29 is 0 Å². The van der Waals surface area contributed by atoms with Crippen LogP contribution in [0.1, 0.15) is 0 Å². The second-order valence-corrected chi connectivity index (χ2v) is 2.16. The highest BCUT2D eigenvalue weighted by Crippen LogP contribution is 2.06. The number of hydrogen-bond acceptors (Lipinski definition) is 2. The zero-order valence-electron chi connectivity index (χ0n) is 4.72. The summed E-state index contributed by atoms with van der Waals surface area (Å²) in [5, 5.41) is 0. The molecule has 0 aromatic heterocycles. The average molecular weight is 146 g/mol. The molecule has 46 valence electrons. The van der Waals surface area contributed by atoms with Gasteiger partial charge in [0.25, 0.3) is 0 Å². The molecule has 0 nitrogen and oxygen atoms in total. The third-order valence-corrected chi connectivity index (χ3v) is 1.65. The van der Waals surface area contributed by atoms with Gasteiger partial charge in [0, 0.05) is 11.5 Å². The SMILES string of the molecule is C=C(CS)C(=C)CS. The van der Waals surface area contributed by atoms with Gasteiger partial charge >= 0.3 is 0 Å². The molecule has 0 aromatic rings. The van der Waals surface area contributed by atoms with E-state index in [9.17, 15) is 0 Å². The van der Waals surface area contributed by atoms with Crippen LogP contribution in [0.2, 0.25) is 0 Å². The van der Waals surface area contributed by atoms with E-state index in [1.807, 2.05) is 0 Å². The van der Waals surface area contributed by atoms with Crippen LogP contribution in [0.5, 0.6) is 0 Å². The third kappa shape index (κ3) is 2.48. The lowest BCUT2D eigenvalue weighted by molar-refractivity contribution is 1.42. The molecule has 0 bridgehead atoms. The zero-order valence-corrected chi connectivity index (χ0v) is 6.51. The Morgan fingerprint density at radius 1 is 1.00 bits per heavy atom. The largest absolute Gasteiger partial charge is 0.175 e. The Morgan fingerprint density at radius 3 is 1.38 bits per heavy atom. The quantitative estimate of drug-likeness (QED) is 0.441. The molecule has 0 saturated heterocycles. The number of rotatable bonds is 3. The van der Waals surface area contributed by atoms with Crippen LogP contribution in [0, 0.1) is 0 Å². The Labute approximate surface area is 61.5 Å². The van der Waals surface area contributed by atoms with Crippen LogP contribution < -0.4 is 0 Å². The molecule has 0 aliphatic carbocycles. The highest BCUT2D eigenvalue weighted by Gasteiger charge is 1.92. The molecule has 0 heterocycles. The summed E-state index contributed by atoms with van der Waals surface area (Å²) in [6, 6.07) is 0. The minimum Gasteiger partial charge on any atom is -0.175 e. The van der Waals surface area contributed by atoms with E-state index in [2.05, 4.69) is 38.4 Å². The van der Waals surface area contributed by atoms with Gasteiger partial charge in [-0.15, -0.1) is 0 Å². The Kier molecular flexibility index (Phi) is 4.19. The van der Waals surface area contributed by atoms with Crippen molar-refractivity contribution in [3.05, 3.63) is 24.3 Å². The first-order valence-electron chi connectivity index (χ1n) is 2.30. The van der Waals surface area contributed by atoms with Crippen LogP contribution in [0.4, 0.5) is 0 Å². The predicted octanol–water partition coefficient (Wildman–Crippen LogP) is 1.96. The van der Waals surface area contributed by atoms with E-state index in [1.54, 1.807) is 0 Å². The molecule has 0 aliphatic rings. The highest BCUT2D eigenvalue weighted by atomic mass is 32.1. The van der Waals surface area contributed by atoms with Crippen LogP contribution in [0.15, 0.2) is 24.3 Å². The van der Waals surface area contributed by atoms with Gasteiger partial charge in [0.05, 0.1) is 0 Å². The van der Waals surface area contributed by atoms with Crippen LogP contribution >= 0.6 is 25.3 Å².